The van der Waals surface area contributed by atoms with Crippen molar-refractivity contribution in [2.45, 2.75) is 25.8 Å². The van der Waals surface area contributed by atoms with E-state index in [4.69, 9.17) is 0 Å². The second kappa shape index (κ2) is 6.28. The number of carbonyl (C=O) groups excluding carboxylic acids is 1. The van der Waals surface area contributed by atoms with Crippen molar-refractivity contribution in [3.63, 3.8) is 0 Å². The lowest BCUT2D eigenvalue weighted by molar-refractivity contribution is -0.117. The Kier molecular flexibility index (Phi) is 4.20. The normalized spacial score (nSPS) is 17.8. The fraction of sp³-hybridized carbons (Fsp3) is 0.333. The second-order valence-electron chi connectivity index (χ2n) is 5.86. The van der Waals surface area contributed by atoms with Gasteiger partial charge in [-0.05, 0) is 43.7 Å². The molecule has 0 fully saturated rings. The third kappa shape index (κ3) is 3.17. The Morgan fingerprint density at radius 1 is 1.27 bits per heavy atom. The predicted molar refractivity (Wildman–Crippen MR) is 87.7 cm³/mol. The molecule has 1 atom stereocenters. The number of rotatable bonds is 3. The molecule has 1 aliphatic heterocycles. The third-order valence-corrected chi connectivity index (χ3v) is 4.21. The zero-order chi connectivity index (χ0) is 15.5. The number of fused-ring (bicyclic) bond motifs is 1. The number of aryl methyl sites for hydroxylation is 1. The summed E-state index contributed by atoms with van der Waals surface area (Å²) in [6, 6.07) is 14.2. The van der Waals surface area contributed by atoms with Gasteiger partial charge in [-0.2, -0.15) is 0 Å². The predicted octanol–water partition coefficient (Wildman–Crippen LogP) is 2.95. The average Bonchev–Trinajstić information content (AvgIpc) is 2.50. The van der Waals surface area contributed by atoms with Crippen LogP contribution >= 0.6 is 0 Å². The van der Waals surface area contributed by atoms with Gasteiger partial charge >= 0.3 is 0 Å². The molecule has 1 aliphatic rings. The molecular weight excluding hydrogens is 274 g/mol. The Morgan fingerprint density at radius 3 is 2.91 bits per heavy atom. The number of amides is 1. The van der Waals surface area contributed by atoms with Crippen LogP contribution in [0.25, 0.3) is 0 Å². The molecule has 0 saturated carbocycles. The molecule has 1 aromatic carbocycles. The fourth-order valence-corrected chi connectivity index (χ4v) is 3.02. The molecule has 2 heterocycles. The van der Waals surface area contributed by atoms with Crippen molar-refractivity contribution in [1.82, 2.24) is 9.88 Å². The van der Waals surface area contributed by atoms with E-state index in [1.165, 1.54) is 11.1 Å². The number of aromatic nitrogens is 1. The first-order valence-corrected chi connectivity index (χ1v) is 7.65. The largest absolute Gasteiger partial charge is 0.311 e. The van der Waals surface area contributed by atoms with Gasteiger partial charge in [0.15, 0.2) is 0 Å². The second-order valence-corrected chi connectivity index (χ2v) is 5.86. The smallest absolute Gasteiger partial charge is 0.227 e. The van der Waals surface area contributed by atoms with Gasteiger partial charge in [-0.3, -0.25) is 9.69 Å². The molecule has 0 saturated heterocycles. The van der Waals surface area contributed by atoms with Gasteiger partial charge in [-0.15, -0.1) is 0 Å². The van der Waals surface area contributed by atoms with Crippen molar-refractivity contribution in [3.05, 3.63) is 59.3 Å². The van der Waals surface area contributed by atoms with Gasteiger partial charge in [0, 0.05) is 24.7 Å². The van der Waals surface area contributed by atoms with Crippen molar-refractivity contribution in [3.8, 4) is 0 Å². The molecule has 0 spiro atoms. The van der Waals surface area contributed by atoms with E-state index in [1.54, 1.807) is 0 Å². The lowest BCUT2D eigenvalue weighted by atomic mass is 9.91. The summed E-state index contributed by atoms with van der Waals surface area (Å²) < 4.78 is 0. The summed E-state index contributed by atoms with van der Waals surface area (Å²) in [5.74, 6) is 0.628. The minimum atomic E-state index is 0.00616. The van der Waals surface area contributed by atoms with Crippen LogP contribution in [0.15, 0.2) is 42.5 Å². The highest BCUT2D eigenvalue weighted by Crippen LogP contribution is 2.31. The molecule has 0 aliphatic carbocycles. The van der Waals surface area contributed by atoms with Crippen LogP contribution < -0.4 is 5.32 Å². The molecule has 1 amide bonds. The van der Waals surface area contributed by atoms with Crippen molar-refractivity contribution < 1.29 is 4.79 Å². The van der Waals surface area contributed by atoms with Gasteiger partial charge in [-0.1, -0.05) is 30.3 Å². The molecule has 1 aromatic heterocycles. The number of hydrogen-bond donors (Lipinski definition) is 1. The maximum Gasteiger partial charge on any atom is 0.227 e. The van der Waals surface area contributed by atoms with Crippen LogP contribution in [0.5, 0.6) is 0 Å². The summed E-state index contributed by atoms with van der Waals surface area (Å²) in [4.78, 5) is 18.9. The first-order chi connectivity index (χ1) is 10.6. The number of hydrogen-bond acceptors (Lipinski definition) is 3. The number of likely N-dealkylation sites (N-methyl/N-ethyl adjacent to an activating group) is 1. The number of nitrogens with zero attached hydrogens (tertiary/aromatic N) is 2. The number of benzene rings is 1. The monoisotopic (exact) mass is 295 g/mol. The van der Waals surface area contributed by atoms with Gasteiger partial charge in [-0.25, -0.2) is 4.98 Å². The zero-order valence-corrected chi connectivity index (χ0v) is 13.0. The molecule has 3 rings (SSSR count). The molecule has 0 bridgehead atoms. The Bertz CT molecular complexity index is 684. The SMILES string of the molecule is Cc1cccc(NC(=O)CC2c3ccccc3CCN2C)n1. The molecular formula is C18H21N3O. The van der Waals surface area contributed by atoms with E-state index in [9.17, 15) is 4.79 Å². The van der Waals surface area contributed by atoms with Gasteiger partial charge < -0.3 is 5.32 Å². The van der Waals surface area contributed by atoms with Crippen molar-refractivity contribution >= 4 is 11.7 Å². The molecule has 4 heteroatoms. The van der Waals surface area contributed by atoms with Crippen LogP contribution in [-0.2, 0) is 11.2 Å². The molecule has 4 nitrogen and oxygen atoms in total. The van der Waals surface area contributed by atoms with Crippen molar-refractivity contribution in [2.75, 3.05) is 18.9 Å². The summed E-state index contributed by atoms with van der Waals surface area (Å²) in [5, 5.41) is 2.90. The Hall–Kier alpha value is -2.20. The molecule has 1 unspecified atom stereocenters. The van der Waals surface area contributed by atoms with Gasteiger partial charge in [0.25, 0.3) is 0 Å². The Labute approximate surface area is 131 Å². The lowest BCUT2D eigenvalue weighted by Gasteiger charge is -2.34. The number of pyridine rings is 1. The van der Waals surface area contributed by atoms with Crippen LogP contribution in [0.1, 0.15) is 29.3 Å². The van der Waals surface area contributed by atoms with E-state index >= 15 is 0 Å². The van der Waals surface area contributed by atoms with E-state index in [0.29, 0.717) is 12.2 Å². The first kappa shape index (κ1) is 14.7. The van der Waals surface area contributed by atoms with Crippen molar-refractivity contribution in [1.29, 1.82) is 0 Å². The third-order valence-electron chi connectivity index (χ3n) is 4.21. The minimum absolute atomic E-state index is 0.00616. The molecule has 1 N–H and O–H groups in total. The van der Waals surface area contributed by atoms with Crippen LogP contribution in [0.2, 0.25) is 0 Å². The topological polar surface area (TPSA) is 45.2 Å². The Balaban J connectivity index is 1.73. The van der Waals surface area contributed by atoms with Crippen LogP contribution in [-0.4, -0.2) is 29.4 Å². The minimum Gasteiger partial charge on any atom is -0.311 e. The summed E-state index contributed by atoms with van der Waals surface area (Å²) in [7, 11) is 2.08. The van der Waals surface area contributed by atoms with E-state index in [2.05, 4.69) is 40.4 Å². The molecule has 22 heavy (non-hydrogen) atoms. The average molecular weight is 295 g/mol. The first-order valence-electron chi connectivity index (χ1n) is 7.65. The maximum atomic E-state index is 12.4. The lowest BCUT2D eigenvalue weighted by Crippen LogP contribution is -2.34. The summed E-state index contributed by atoms with van der Waals surface area (Å²) in [6.45, 7) is 2.90. The maximum absolute atomic E-state index is 12.4. The number of carbonyl (C=O) groups is 1. The van der Waals surface area contributed by atoms with Crippen molar-refractivity contribution in [2.24, 2.45) is 0 Å². The number of anilines is 1. The molecule has 0 radical (unpaired) electrons. The van der Waals surface area contributed by atoms with E-state index in [-0.39, 0.29) is 11.9 Å². The summed E-state index contributed by atoms with van der Waals surface area (Å²) in [5.41, 5.74) is 3.52. The highest BCUT2D eigenvalue weighted by molar-refractivity contribution is 5.90. The highest BCUT2D eigenvalue weighted by Gasteiger charge is 2.26. The fourth-order valence-electron chi connectivity index (χ4n) is 3.02. The highest BCUT2D eigenvalue weighted by atomic mass is 16.1. The van der Waals surface area contributed by atoms with Crippen LogP contribution in [0.4, 0.5) is 5.82 Å². The molecule has 2 aromatic rings. The van der Waals surface area contributed by atoms with Crippen LogP contribution in [0.3, 0.4) is 0 Å². The standard InChI is InChI=1S/C18H21N3O/c1-13-6-5-9-17(19-13)20-18(22)12-16-15-8-4-3-7-14(15)10-11-21(16)2/h3-9,16H,10-12H2,1-2H3,(H,19,20,22). The molecule has 114 valence electrons. The number of nitrogens with one attached hydrogen (secondary N) is 1. The summed E-state index contributed by atoms with van der Waals surface area (Å²) >= 11 is 0. The van der Waals surface area contributed by atoms with Gasteiger partial charge in [0.05, 0.1) is 0 Å². The summed E-state index contributed by atoms with van der Waals surface area (Å²) in [6.07, 6.45) is 1.49. The van der Waals surface area contributed by atoms with Gasteiger partial charge in [0.1, 0.15) is 5.82 Å². The van der Waals surface area contributed by atoms with E-state index in [0.717, 1.165) is 18.7 Å². The van der Waals surface area contributed by atoms with Gasteiger partial charge in [0.2, 0.25) is 5.91 Å². The van der Waals surface area contributed by atoms with E-state index < -0.39 is 0 Å². The zero-order valence-electron chi connectivity index (χ0n) is 13.0. The quantitative estimate of drug-likeness (QED) is 0.947. The van der Waals surface area contributed by atoms with Crippen LogP contribution in [0, 0.1) is 6.92 Å². The van der Waals surface area contributed by atoms with E-state index in [1.807, 2.05) is 31.2 Å². The Morgan fingerprint density at radius 2 is 2.09 bits per heavy atom.